The molecule has 0 aromatic rings. The number of aliphatic carboxylic acids is 1. The Labute approximate surface area is 103 Å². The lowest BCUT2D eigenvalue weighted by Crippen LogP contribution is -2.54. The van der Waals surface area contributed by atoms with Crippen LogP contribution >= 0.6 is 0 Å². The van der Waals surface area contributed by atoms with E-state index in [2.05, 4.69) is 11.0 Å². The fourth-order valence-electron chi connectivity index (χ4n) is 3.49. The smallest absolute Gasteiger partial charge is 0.320 e. The van der Waals surface area contributed by atoms with E-state index in [0.29, 0.717) is 6.04 Å². The molecule has 2 aliphatic rings. The van der Waals surface area contributed by atoms with Crippen LogP contribution in [0, 0.1) is 5.92 Å². The predicted octanol–water partition coefficient (Wildman–Crippen LogP) is 2.67. The van der Waals surface area contributed by atoms with Crippen LogP contribution in [0.5, 0.6) is 0 Å². The summed E-state index contributed by atoms with van der Waals surface area (Å²) in [5, 5.41) is 9.33. The van der Waals surface area contributed by atoms with Crippen molar-refractivity contribution in [3.05, 3.63) is 12.2 Å². The molecule has 0 radical (unpaired) electrons. The Balaban J connectivity index is 2.12. The van der Waals surface area contributed by atoms with Crippen molar-refractivity contribution in [3.63, 3.8) is 0 Å². The highest BCUT2D eigenvalue weighted by Crippen LogP contribution is 2.37. The molecule has 3 heteroatoms. The fourth-order valence-corrected chi connectivity index (χ4v) is 3.49. The van der Waals surface area contributed by atoms with Crippen LogP contribution in [-0.2, 0) is 4.79 Å². The van der Waals surface area contributed by atoms with E-state index < -0.39 is 5.97 Å². The van der Waals surface area contributed by atoms with Crippen LogP contribution in [0.25, 0.3) is 0 Å². The second-order valence-corrected chi connectivity index (χ2v) is 5.31. The molecule has 1 heterocycles. The van der Waals surface area contributed by atoms with Crippen LogP contribution in [0.4, 0.5) is 0 Å². The monoisotopic (exact) mass is 237 g/mol. The van der Waals surface area contributed by atoms with Crippen molar-refractivity contribution in [1.29, 1.82) is 0 Å². The summed E-state index contributed by atoms with van der Waals surface area (Å²) in [5.74, 6) is 0.100. The quantitative estimate of drug-likeness (QED) is 0.767. The highest BCUT2D eigenvalue weighted by Gasteiger charge is 2.40. The zero-order valence-electron chi connectivity index (χ0n) is 10.6. The lowest BCUT2D eigenvalue weighted by Gasteiger charge is -2.46. The third kappa shape index (κ3) is 2.71. The van der Waals surface area contributed by atoms with E-state index in [9.17, 15) is 9.90 Å². The van der Waals surface area contributed by atoms with Gasteiger partial charge in [0, 0.05) is 12.6 Å². The molecule has 3 unspecified atom stereocenters. The number of nitrogens with zero attached hydrogens (tertiary/aromatic N) is 1. The van der Waals surface area contributed by atoms with Crippen molar-refractivity contribution in [2.75, 3.05) is 6.54 Å². The van der Waals surface area contributed by atoms with Gasteiger partial charge in [-0.15, -0.1) is 0 Å². The molecule has 0 amide bonds. The summed E-state index contributed by atoms with van der Waals surface area (Å²) in [6.45, 7) is 2.80. The van der Waals surface area contributed by atoms with Crippen molar-refractivity contribution in [2.24, 2.45) is 5.92 Å². The Morgan fingerprint density at radius 3 is 2.76 bits per heavy atom. The molecule has 1 aliphatic carbocycles. The van der Waals surface area contributed by atoms with Crippen LogP contribution in [0.1, 0.15) is 45.4 Å². The SMILES string of the molecule is CC=CCN1C(C(=O)O)CCC2CCCCC21. The fraction of sp³-hybridized carbons (Fsp3) is 0.786. The predicted molar refractivity (Wildman–Crippen MR) is 67.9 cm³/mol. The van der Waals surface area contributed by atoms with Gasteiger partial charge >= 0.3 is 5.97 Å². The van der Waals surface area contributed by atoms with Crippen molar-refractivity contribution in [2.45, 2.75) is 57.5 Å². The van der Waals surface area contributed by atoms with E-state index in [1.54, 1.807) is 0 Å². The summed E-state index contributed by atoms with van der Waals surface area (Å²) in [7, 11) is 0. The normalized spacial score (nSPS) is 34.8. The van der Waals surface area contributed by atoms with Gasteiger partial charge in [-0.3, -0.25) is 9.69 Å². The second-order valence-electron chi connectivity index (χ2n) is 5.31. The van der Waals surface area contributed by atoms with Gasteiger partial charge in [-0.05, 0) is 38.5 Å². The van der Waals surface area contributed by atoms with E-state index in [-0.39, 0.29) is 6.04 Å². The van der Waals surface area contributed by atoms with Crippen LogP contribution in [0.3, 0.4) is 0 Å². The Hall–Kier alpha value is -0.830. The minimum atomic E-state index is -0.640. The Morgan fingerprint density at radius 2 is 2.06 bits per heavy atom. The van der Waals surface area contributed by atoms with E-state index in [1.807, 2.05) is 13.0 Å². The third-order valence-electron chi connectivity index (χ3n) is 4.34. The number of piperidine rings is 1. The van der Waals surface area contributed by atoms with Gasteiger partial charge in [-0.2, -0.15) is 0 Å². The largest absolute Gasteiger partial charge is 0.480 e. The Morgan fingerprint density at radius 1 is 1.29 bits per heavy atom. The lowest BCUT2D eigenvalue weighted by atomic mass is 9.76. The Kier molecular flexibility index (Phi) is 4.21. The van der Waals surface area contributed by atoms with Gasteiger partial charge < -0.3 is 5.11 Å². The standard InChI is InChI=1S/C14H23NO2/c1-2-3-10-15-12-7-5-4-6-11(12)8-9-13(15)14(16)17/h2-3,11-13H,4-10H2,1H3,(H,16,17). The molecule has 1 saturated carbocycles. The topological polar surface area (TPSA) is 40.5 Å². The van der Waals surface area contributed by atoms with E-state index in [4.69, 9.17) is 0 Å². The first kappa shape index (κ1) is 12.6. The molecule has 0 spiro atoms. The van der Waals surface area contributed by atoms with E-state index in [1.165, 1.54) is 25.7 Å². The molecule has 0 aromatic carbocycles. The number of allylic oxidation sites excluding steroid dienone is 1. The zero-order valence-corrected chi connectivity index (χ0v) is 10.6. The molecule has 3 nitrogen and oxygen atoms in total. The number of hydrogen-bond donors (Lipinski definition) is 1. The maximum Gasteiger partial charge on any atom is 0.320 e. The van der Waals surface area contributed by atoms with Crippen LogP contribution in [-0.4, -0.2) is 34.6 Å². The number of carboxylic acids is 1. The molecule has 17 heavy (non-hydrogen) atoms. The molecule has 0 aromatic heterocycles. The first-order valence-electron chi connectivity index (χ1n) is 6.83. The van der Waals surface area contributed by atoms with Crippen molar-refractivity contribution >= 4 is 5.97 Å². The van der Waals surface area contributed by atoms with Gasteiger partial charge in [0.05, 0.1) is 0 Å². The molecule has 1 saturated heterocycles. The summed E-state index contributed by atoms with van der Waals surface area (Å²) in [5.41, 5.74) is 0. The minimum absolute atomic E-state index is 0.259. The number of hydrogen-bond acceptors (Lipinski definition) is 2. The molecular formula is C14H23NO2. The van der Waals surface area contributed by atoms with Crippen molar-refractivity contribution in [1.82, 2.24) is 4.90 Å². The van der Waals surface area contributed by atoms with Gasteiger partial charge in [0.25, 0.3) is 0 Å². The zero-order chi connectivity index (χ0) is 12.3. The van der Waals surface area contributed by atoms with E-state index >= 15 is 0 Å². The summed E-state index contributed by atoms with van der Waals surface area (Å²) < 4.78 is 0. The molecule has 1 N–H and O–H groups in total. The van der Waals surface area contributed by atoms with Gasteiger partial charge in [0.1, 0.15) is 6.04 Å². The van der Waals surface area contributed by atoms with Crippen LogP contribution in [0.2, 0.25) is 0 Å². The lowest BCUT2D eigenvalue weighted by molar-refractivity contribution is -0.147. The molecular weight excluding hydrogens is 214 g/mol. The van der Waals surface area contributed by atoms with Crippen LogP contribution in [0.15, 0.2) is 12.2 Å². The summed E-state index contributed by atoms with van der Waals surface area (Å²) in [6.07, 6.45) is 11.1. The molecule has 0 bridgehead atoms. The third-order valence-corrected chi connectivity index (χ3v) is 4.34. The van der Waals surface area contributed by atoms with Gasteiger partial charge in [0.15, 0.2) is 0 Å². The first-order chi connectivity index (χ1) is 8.24. The van der Waals surface area contributed by atoms with Crippen molar-refractivity contribution in [3.8, 4) is 0 Å². The summed E-state index contributed by atoms with van der Waals surface area (Å²) in [6, 6.07) is 0.250. The molecule has 3 atom stereocenters. The minimum Gasteiger partial charge on any atom is -0.480 e. The van der Waals surface area contributed by atoms with Crippen LogP contribution < -0.4 is 0 Å². The summed E-state index contributed by atoms with van der Waals surface area (Å²) >= 11 is 0. The van der Waals surface area contributed by atoms with E-state index in [0.717, 1.165) is 25.3 Å². The molecule has 1 aliphatic heterocycles. The second kappa shape index (κ2) is 5.67. The highest BCUT2D eigenvalue weighted by atomic mass is 16.4. The van der Waals surface area contributed by atoms with Gasteiger partial charge in [-0.1, -0.05) is 25.0 Å². The molecule has 2 fully saturated rings. The number of carbonyl (C=O) groups is 1. The highest BCUT2D eigenvalue weighted by molar-refractivity contribution is 5.73. The number of carboxylic acid groups (broad SMARTS) is 1. The maximum absolute atomic E-state index is 11.3. The Bertz CT molecular complexity index is 301. The maximum atomic E-state index is 11.3. The van der Waals surface area contributed by atoms with Gasteiger partial charge in [0.2, 0.25) is 0 Å². The number of fused-ring (bicyclic) bond motifs is 1. The molecule has 96 valence electrons. The first-order valence-corrected chi connectivity index (χ1v) is 6.83. The van der Waals surface area contributed by atoms with Gasteiger partial charge in [-0.25, -0.2) is 0 Å². The molecule has 2 rings (SSSR count). The number of rotatable bonds is 3. The summed E-state index contributed by atoms with van der Waals surface area (Å²) in [4.78, 5) is 13.6. The average molecular weight is 237 g/mol. The van der Waals surface area contributed by atoms with Crippen molar-refractivity contribution < 1.29 is 9.90 Å². The number of likely N-dealkylation sites (tertiary alicyclic amines) is 1. The average Bonchev–Trinajstić information content (AvgIpc) is 2.35.